The molecule has 0 spiro atoms. The van der Waals surface area contributed by atoms with E-state index in [2.05, 4.69) is 4.98 Å². The van der Waals surface area contributed by atoms with Crippen LogP contribution in [0.3, 0.4) is 0 Å². The summed E-state index contributed by atoms with van der Waals surface area (Å²) in [4.78, 5) is 3.95. The van der Waals surface area contributed by atoms with Gasteiger partial charge < -0.3 is 5.21 Å². The first-order valence-electron chi connectivity index (χ1n) is 5.74. The highest BCUT2D eigenvalue weighted by molar-refractivity contribution is 7.90. The van der Waals surface area contributed by atoms with Gasteiger partial charge in [0.25, 0.3) is 0 Å². The molecule has 0 N–H and O–H groups in total. The number of benzene rings is 1. The lowest BCUT2D eigenvalue weighted by Gasteiger charge is -2.08. The third kappa shape index (κ3) is 2.73. The molecular formula is C13H14N2O3S. The maximum Gasteiger partial charge on any atom is 0.327 e. The molecule has 6 heteroatoms. The maximum absolute atomic E-state index is 12.2. The fourth-order valence-corrected chi connectivity index (χ4v) is 3.07. The van der Waals surface area contributed by atoms with Gasteiger partial charge in [-0.3, -0.25) is 0 Å². The number of aryl methyl sites for hydroxylation is 1. The van der Waals surface area contributed by atoms with Crippen molar-refractivity contribution >= 4 is 9.84 Å². The van der Waals surface area contributed by atoms with Crippen molar-refractivity contribution < 1.29 is 13.1 Å². The second-order valence-corrected chi connectivity index (χ2v) is 6.24. The highest BCUT2D eigenvalue weighted by Gasteiger charge is 2.26. The van der Waals surface area contributed by atoms with Crippen LogP contribution in [0, 0.1) is 19.1 Å². The average Bonchev–Trinajstić information content (AvgIpc) is 2.36. The molecule has 0 amide bonds. The molecule has 1 aromatic carbocycles. The lowest BCUT2D eigenvalue weighted by Crippen LogP contribution is -2.38. The van der Waals surface area contributed by atoms with E-state index in [1.54, 1.807) is 38.1 Å². The summed E-state index contributed by atoms with van der Waals surface area (Å²) in [6.07, 6.45) is 1.12. The molecule has 5 nitrogen and oxygen atoms in total. The van der Waals surface area contributed by atoms with Gasteiger partial charge >= 0.3 is 5.03 Å². The Labute approximate surface area is 112 Å². The standard InChI is InChI=1S/C13H14N2O3S/c1-10-11(2)15(16)13(8-14-10)19(17,18)9-12-6-4-3-5-7-12/h3-8H,9H2,1-2H3. The van der Waals surface area contributed by atoms with Gasteiger partial charge in [0.15, 0.2) is 0 Å². The second kappa shape index (κ2) is 4.97. The largest absolute Gasteiger partial charge is 0.618 e. The quantitative estimate of drug-likeness (QED) is 0.626. The molecule has 0 saturated carbocycles. The molecule has 100 valence electrons. The molecule has 0 aliphatic heterocycles. The maximum atomic E-state index is 12.2. The summed E-state index contributed by atoms with van der Waals surface area (Å²) < 4.78 is 24.9. The lowest BCUT2D eigenvalue weighted by molar-refractivity contribution is -0.654. The normalized spacial score (nSPS) is 11.5. The Bertz CT molecular complexity index is 697. The van der Waals surface area contributed by atoms with Crippen LogP contribution < -0.4 is 4.73 Å². The molecule has 0 fully saturated rings. The molecule has 0 aliphatic carbocycles. The molecule has 0 radical (unpaired) electrons. The Morgan fingerprint density at radius 3 is 2.47 bits per heavy atom. The lowest BCUT2D eigenvalue weighted by atomic mass is 10.2. The van der Waals surface area contributed by atoms with E-state index in [1.807, 2.05) is 6.07 Å². The summed E-state index contributed by atoms with van der Waals surface area (Å²) in [7, 11) is -3.70. The van der Waals surface area contributed by atoms with Crippen LogP contribution in [0.4, 0.5) is 0 Å². The van der Waals surface area contributed by atoms with E-state index in [0.29, 0.717) is 21.7 Å². The first kappa shape index (κ1) is 13.5. The minimum absolute atomic E-state index is 0.208. The topological polar surface area (TPSA) is 74.0 Å². The number of aromatic nitrogens is 2. The van der Waals surface area contributed by atoms with Crippen molar-refractivity contribution in [3.8, 4) is 0 Å². The summed E-state index contributed by atoms with van der Waals surface area (Å²) in [5.74, 6) is -0.208. The molecular weight excluding hydrogens is 264 g/mol. The number of hydrogen-bond acceptors (Lipinski definition) is 4. The smallest absolute Gasteiger partial charge is 0.327 e. The Kier molecular flexibility index (Phi) is 3.53. The molecule has 1 aromatic heterocycles. The monoisotopic (exact) mass is 278 g/mol. The van der Waals surface area contributed by atoms with Gasteiger partial charge in [0, 0.05) is 6.92 Å². The average molecular weight is 278 g/mol. The molecule has 1 heterocycles. The second-order valence-electron chi connectivity index (χ2n) is 4.31. The number of rotatable bonds is 3. The number of sulfone groups is 1. The third-order valence-electron chi connectivity index (χ3n) is 2.92. The van der Waals surface area contributed by atoms with E-state index in [4.69, 9.17) is 0 Å². The fraction of sp³-hybridized carbons (Fsp3) is 0.231. The molecule has 0 saturated heterocycles. The molecule has 0 atom stereocenters. The minimum Gasteiger partial charge on any atom is -0.618 e. The van der Waals surface area contributed by atoms with Crippen LogP contribution in [0.5, 0.6) is 0 Å². The zero-order valence-electron chi connectivity index (χ0n) is 10.7. The van der Waals surface area contributed by atoms with Crippen molar-refractivity contribution in [2.24, 2.45) is 0 Å². The Morgan fingerprint density at radius 1 is 1.21 bits per heavy atom. The molecule has 2 rings (SSSR count). The van der Waals surface area contributed by atoms with Gasteiger partial charge in [-0.05, 0) is 12.5 Å². The van der Waals surface area contributed by atoms with Crippen molar-refractivity contribution in [2.75, 3.05) is 0 Å². The van der Waals surface area contributed by atoms with Gasteiger partial charge in [0.2, 0.25) is 15.5 Å². The first-order valence-corrected chi connectivity index (χ1v) is 7.39. The van der Waals surface area contributed by atoms with E-state index >= 15 is 0 Å². The SMILES string of the molecule is Cc1ncc(S(=O)(=O)Cc2ccccc2)[n+]([O-])c1C. The van der Waals surface area contributed by atoms with Gasteiger partial charge in [-0.1, -0.05) is 30.3 Å². The van der Waals surface area contributed by atoms with E-state index in [-0.39, 0.29) is 10.8 Å². The van der Waals surface area contributed by atoms with Crippen molar-refractivity contribution in [1.82, 2.24) is 4.98 Å². The van der Waals surface area contributed by atoms with Crippen LogP contribution >= 0.6 is 0 Å². The first-order chi connectivity index (χ1) is 8.92. The van der Waals surface area contributed by atoms with Crippen LogP contribution in [0.2, 0.25) is 0 Å². The van der Waals surface area contributed by atoms with Crippen LogP contribution in [-0.4, -0.2) is 13.4 Å². The van der Waals surface area contributed by atoms with Gasteiger partial charge in [-0.15, -0.1) is 0 Å². The summed E-state index contributed by atoms with van der Waals surface area (Å²) >= 11 is 0. The Morgan fingerprint density at radius 2 is 1.84 bits per heavy atom. The van der Waals surface area contributed by atoms with Gasteiger partial charge in [-0.25, -0.2) is 13.4 Å². The van der Waals surface area contributed by atoms with E-state index < -0.39 is 9.84 Å². The Balaban J connectivity index is 2.44. The minimum atomic E-state index is -3.70. The predicted molar refractivity (Wildman–Crippen MR) is 70.0 cm³/mol. The van der Waals surface area contributed by atoms with Crippen LogP contribution in [0.25, 0.3) is 0 Å². The van der Waals surface area contributed by atoms with Crippen LogP contribution in [0.15, 0.2) is 41.6 Å². The van der Waals surface area contributed by atoms with E-state index in [1.165, 1.54) is 0 Å². The number of nitrogens with zero attached hydrogens (tertiary/aromatic N) is 2. The van der Waals surface area contributed by atoms with Gasteiger partial charge in [0.1, 0.15) is 11.9 Å². The van der Waals surface area contributed by atoms with Crippen LogP contribution in [-0.2, 0) is 15.6 Å². The van der Waals surface area contributed by atoms with E-state index in [9.17, 15) is 13.6 Å². The number of hydrogen-bond donors (Lipinski definition) is 0. The zero-order valence-corrected chi connectivity index (χ0v) is 11.5. The summed E-state index contributed by atoms with van der Waals surface area (Å²) in [5.41, 5.74) is 1.46. The van der Waals surface area contributed by atoms with Gasteiger partial charge in [-0.2, -0.15) is 4.73 Å². The van der Waals surface area contributed by atoms with Crippen molar-refractivity contribution in [1.29, 1.82) is 0 Å². The summed E-state index contributed by atoms with van der Waals surface area (Å²) in [6, 6.07) is 8.74. The summed E-state index contributed by atoms with van der Waals surface area (Å²) in [5, 5.41) is 11.6. The van der Waals surface area contributed by atoms with Crippen molar-refractivity contribution in [3.05, 3.63) is 58.7 Å². The third-order valence-corrected chi connectivity index (χ3v) is 4.54. The highest BCUT2D eigenvalue weighted by Crippen LogP contribution is 2.13. The molecule has 0 aliphatic rings. The summed E-state index contributed by atoms with van der Waals surface area (Å²) in [6.45, 7) is 3.22. The van der Waals surface area contributed by atoms with Crippen LogP contribution in [0.1, 0.15) is 17.0 Å². The fourth-order valence-electron chi connectivity index (χ4n) is 1.68. The van der Waals surface area contributed by atoms with Crippen molar-refractivity contribution in [2.45, 2.75) is 24.6 Å². The van der Waals surface area contributed by atoms with Gasteiger partial charge in [0.05, 0.1) is 5.75 Å². The van der Waals surface area contributed by atoms with E-state index in [0.717, 1.165) is 6.20 Å². The highest BCUT2D eigenvalue weighted by atomic mass is 32.2. The molecule has 0 unspecified atom stereocenters. The Hall–Kier alpha value is -1.95. The molecule has 19 heavy (non-hydrogen) atoms. The zero-order chi connectivity index (χ0) is 14.0. The predicted octanol–water partition coefficient (Wildman–Crippen LogP) is 1.31. The van der Waals surface area contributed by atoms with Crippen molar-refractivity contribution in [3.63, 3.8) is 0 Å². The molecule has 0 bridgehead atoms. The molecule has 2 aromatic rings.